The van der Waals surface area contributed by atoms with E-state index in [2.05, 4.69) is 34.5 Å². The molecule has 3 nitrogen and oxygen atoms in total. The number of amides is 1. The van der Waals surface area contributed by atoms with E-state index in [0.717, 1.165) is 37.3 Å². The minimum absolute atomic E-state index is 0.0159. The number of nitrogens with zero attached hydrogens (tertiary/aromatic N) is 1. The largest absolute Gasteiger partial charge is 0.370 e. The monoisotopic (exact) mass is 306 g/mol. The van der Waals surface area contributed by atoms with Crippen LogP contribution in [0.2, 0.25) is 0 Å². The van der Waals surface area contributed by atoms with Crippen LogP contribution in [0.5, 0.6) is 0 Å². The minimum atomic E-state index is -0.0159. The Morgan fingerprint density at radius 3 is 2.61 bits per heavy atom. The Kier molecular flexibility index (Phi) is 3.78. The van der Waals surface area contributed by atoms with E-state index in [1.807, 2.05) is 24.3 Å². The van der Waals surface area contributed by atoms with Gasteiger partial charge in [0, 0.05) is 13.1 Å². The second-order valence-electron chi connectivity index (χ2n) is 6.49. The first-order valence-corrected chi connectivity index (χ1v) is 8.55. The molecular formula is C20H22N2O. The summed E-state index contributed by atoms with van der Waals surface area (Å²) in [6.07, 6.45) is 4.38. The van der Waals surface area contributed by atoms with Gasteiger partial charge >= 0.3 is 0 Å². The van der Waals surface area contributed by atoms with Crippen LogP contribution in [-0.2, 0) is 11.2 Å². The van der Waals surface area contributed by atoms with Crippen molar-refractivity contribution in [3.8, 4) is 0 Å². The van der Waals surface area contributed by atoms with Crippen LogP contribution in [0.3, 0.4) is 0 Å². The zero-order valence-electron chi connectivity index (χ0n) is 13.3. The average molecular weight is 306 g/mol. The number of nitrogens with one attached hydrogen (secondary N) is 1. The Morgan fingerprint density at radius 1 is 1.00 bits per heavy atom. The van der Waals surface area contributed by atoms with Crippen molar-refractivity contribution in [1.82, 2.24) is 0 Å². The predicted octanol–water partition coefficient (Wildman–Crippen LogP) is 3.96. The number of para-hydroxylation sites is 2. The summed E-state index contributed by atoms with van der Waals surface area (Å²) >= 11 is 0. The zero-order chi connectivity index (χ0) is 15.6. The minimum Gasteiger partial charge on any atom is -0.370 e. The molecule has 2 aromatic carbocycles. The smallest absolute Gasteiger partial charge is 0.231 e. The first kappa shape index (κ1) is 14.3. The number of fused-ring (bicyclic) bond motifs is 1. The third-order valence-corrected chi connectivity index (χ3v) is 5.06. The Hall–Kier alpha value is -2.29. The van der Waals surface area contributed by atoms with Gasteiger partial charge in [-0.2, -0.15) is 0 Å². The highest BCUT2D eigenvalue weighted by molar-refractivity contribution is 5.99. The lowest BCUT2D eigenvalue weighted by molar-refractivity contribution is -0.117. The van der Waals surface area contributed by atoms with Crippen molar-refractivity contribution in [3.05, 3.63) is 59.7 Å². The standard InChI is InChI=1S/C20H22N2O/c23-20(17-12-11-15-7-1-2-8-16(15)17)21-18-9-3-4-10-19(18)22-13-5-6-14-22/h1-4,7-10,17H,5-6,11-14H2,(H,21,23)/t17-/m0/s1. The van der Waals surface area contributed by atoms with Crippen molar-refractivity contribution < 1.29 is 4.79 Å². The number of benzene rings is 2. The van der Waals surface area contributed by atoms with Crippen LogP contribution < -0.4 is 10.2 Å². The number of anilines is 2. The molecule has 1 N–H and O–H groups in total. The molecular weight excluding hydrogens is 284 g/mol. The molecule has 2 aliphatic rings. The van der Waals surface area contributed by atoms with Crippen LogP contribution in [0, 0.1) is 0 Å². The van der Waals surface area contributed by atoms with Gasteiger partial charge in [-0.3, -0.25) is 4.79 Å². The molecule has 0 unspecified atom stereocenters. The fourth-order valence-corrected chi connectivity index (χ4v) is 3.86. The number of carbonyl (C=O) groups excluding carboxylic acids is 1. The molecule has 3 heteroatoms. The Labute approximate surface area is 137 Å². The van der Waals surface area contributed by atoms with Crippen LogP contribution in [-0.4, -0.2) is 19.0 Å². The molecule has 1 atom stereocenters. The third kappa shape index (κ3) is 2.72. The molecule has 4 rings (SSSR count). The lowest BCUT2D eigenvalue weighted by Gasteiger charge is -2.22. The summed E-state index contributed by atoms with van der Waals surface area (Å²) < 4.78 is 0. The fraction of sp³-hybridized carbons (Fsp3) is 0.350. The fourth-order valence-electron chi connectivity index (χ4n) is 3.86. The normalized spacial score (nSPS) is 19.7. The molecule has 0 saturated carbocycles. The zero-order valence-corrected chi connectivity index (χ0v) is 13.3. The lowest BCUT2D eigenvalue weighted by Crippen LogP contribution is -2.23. The summed E-state index contributed by atoms with van der Waals surface area (Å²) in [5.74, 6) is 0.111. The maximum Gasteiger partial charge on any atom is 0.231 e. The van der Waals surface area contributed by atoms with Gasteiger partial charge in [-0.05, 0) is 48.9 Å². The summed E-state index contributed by atoms with van der Waals surface area (Å²) in [6.45, 7) is 2.16. The van der Waals surface area contributed by atoms with E-state index in [0.29, 0.717) is 0 Å². The highest BCUT2D eigenvalue weighted by Gasteiger charge is 2.28. The quantitative estimate of drug-likeness (QED) is 0.931. The van der Waals surface area contributed by atoms with Gasteiger partial charge in [0.15, 0.2) is 0 Å². The molecule has 0 spiro atoms. The van der Waals surface area contributed by atoms with Crippen LogP contribution in [0.15, 0.2) is 48.5 Å². The van der Waals surface area contributed by atoms with Gasteiger partial charge in [0.1, 0.15) is 0 Å². The summed E-state index contributed by atoms with van der Waals surface area (Å²) in [5, 5.41) is 3.19. The summed E-state index contributed by atoms with van der Waals surface area (Å²) in [7, 11) is 0. The van der Waals surface area contributed by atoms with Crippen LogP contribution in [0.1, 0.15) is 36.3 Å². The molecule has 1 fully saturated rings. The number of aryl methyl sites for hydroxylation is 1. The van der Waals surface area contributed by atoms with E-state index in [-0.39, 0.29) is 11.8 Å². The topological polar surface area (TPSA) is 32.3 Å². The first-order valence-electron chi connectivity index (χ1n) is 8.55. The molecule has 1 aliphatic heterocycles. The Morgan fingerprint density at radius 2 is 1.74 bits per heavy atom. The number of hydrogen-bond acceptors (Lipinski definition) is 2. The summed E-state index contributed by atoms with van der Waals surface area (Å²) in [4.78, 5) is 15.2. The van der Waals surface area contributed by atoms with Crippen LogP contribution in [0.4, 0.5) is 11.4 Å². The molecule has 0 radical (unpaired) electrons. The van der Waals surface area contributed by atoms with E-state index in [4.69, 9.17) is 0 Å². The second kappa shape index (κ2) is 6.07. The van der Waals surface area contributed by atoms with Crippen LogP contribution in [0.25, 0.3) is 0 Å². The molecule has 0 bridgehead atoms. The highest BCUT2D eigenvalue weighted by Crippen LogP contribution is 2.35. The molecule has 1 amide bonds. The SMILES string of the molecule is O=C(Nc1ccccc1N1CCCC1)[C@H]1CCc2ccccc21. The molecule has 0 aromatic heterocycles. The van der Waals surface area contributed by atoms with Gasteiger partial charge in [-0.1, -0.05) is 36.4 Å². The van der Waals surface area contributed by atoms with Gasteiger partial charge in [-0.25, -0.2) is 0 Å². The van der Waals surface area contributed by atoms with Crippen molar-refractivity contribution in [2.45, 2.75) is 31.6 Å². The second-order valence-corrected chi connectivity index (χ2v) is 6.49. The number of rotatable bonds is 3. The van der Waals surface area contributed by atoms with E-state index < -0.39 is 0 Å². The van der Waals surface area contributed by atoms with E-state index in [1.165, 1.54) is 24.0 Å². The van der Waals surface area contributed by atoms with Gasteiger partial charge in [0.25, 0.3) is 0 Å². The molecule has 118 valence electrons. The van der Waals surface area contributed by atoms with E-state index in [9.17, 15) is 4.79 Å². The number of hydrogen-bond donors (Lipinski definition) is 1. The van der Waals surface area contributed by atoms with E-state index >= 15 is 0 Å². The van der Waals surface area contributed by atoms with Gasteiger partial charge in [0.2, 0.25) is 5.91 Å². The molecule has 1 aliphatic carbocycles. The molecule has 2 aromatic rings. The predicted molar refractivity (Wildman–Crippen MR) is 94.0 cm³/mol. The molecule has 23 heavy (non-hydrogen) atoms. The average Bonchev–Trinajstić information content (AvgIpc) is 3.25. The molecule has 1 heterocycles. The summed E-state index contributed by atoms with van der Waals surface area (Å²) in [6, 6.07) is 16.5. The van der Waals surface area contributed by atoms with Gasteiger partial charge < -0.3 is 10.2 Å². The van der Waals surface area contributed by atoms with Crippen molar-refractivity contribution in [2.24, 2.45) is 0 Å². The van der Waals surface area contributed by atoms with Gasteiger partial charge in [-0.15, -0.1) is 0 Å². The van der Waals surface area contributed by atoms with Gasteiger partial charge in [0.05, 0.1) is 17.3 Å². The Bertz CT molecular complexity index is 719. The Balaban J connectivity index is 1.56. The maximum atomic E-state index is 12.8. The van der Waals surface area contributed by atoms with Crippen molar-refractivity contribution in [2.75, 3.05) is 23.3 Å². The van der Waals surface area contributed by atoms with Crippen molar-refractivity contribution >= 4 is 17.3 Å². The highest BCUT2D eigenvalue weighted by atomic mass is 16.1. The van der Waals surface area contributed by atoms with E-state index in [1.54, 1.807) is 0 Å². The third-order valence-electron chi connectivity index (χ3n) is 5.06. The molecule has 1 saturated heterocycles. The van der Waals surface area contributed by atoms with Crippen LogP contribution >= 0.6 is 0 Å². The summed E-state index contributed by atoms with van der Waals surface area (Å²) in [5.41, 5.74) is 4.62. The number of carbonyl (C=O) groups is 1. The van der Waals surface area contributed by atoms with Crippen molar-refractivity contribution in [1.29, 1.82) is 0 Å². The maximum absolute atomic E-state index is 12.8. The van der Waals surface area contributed by atoms with Crippen molar-refractivity contribution in [3.63, 3.8) is 0 Å². The lowest BCUT2D eigenvalue weighted by atomic mass is 10.0. The first-order chi connectivity index (χ1) is 11.3.